The Bertz CT molecular complexity index is 1170. The molecule has 3 amide bonds. The number of likely N-dealkylation sites (tertiary alicyclic amines) is 1. The molecule has 1 aromatic heterocycles. The Balaban J connectivity index is 1.56. The predicted octanol–water partition coefficient (Wildman–Crippen LogP) is 3.53. The van der Waals surface area contributed by atoms with E-state index < -0.39 is 23.5 Å². The van der Waals surface area contributed by atoms with Gasteiger partial charge in [-0.15, -0.1) is 0 Å². The quantitative estimate of drug-likeness (QED) is 0.474. The third-order valence-electron chi connectivity index (χ3n) is 8.21. The Labute approximate surface area is 218 Å². The van der Waals surface area contributed by atoms with E-state index in [1.54, 1.807) is 11.0 Å². The monoisotopic (exact) mass is 508 g/mol. The molecule has 2 heterocycles. The summed E-state index contributed by atoms with van der Waals surface area (Å²) in [5, 5.41) is 6.75. The summed E-state index contributed by atoms with van der Waals surface area (Å²) in [5.41, 5.74) is 0.734. The number of amides is 3. The molecule has 8 nitrogen and oxygen atoms in total. The van der Waals surface area contributed by atoms with Gasteiger partial charge in [0.05, 0.1) is 6.04 Å². The van der Waals surface area contributed by atoms with Crippen LogP contribution in [-0.2, 0) is 14.4 Å². The fourth-order valence-corrected chi connectivity index (χ4v) is 5.83. The lowest BCUT2D eigenvalue weighted by molar-refractivity contribution is -0.142. The molecular formula is C29H40N4O4. The second-order valence-corrected chi connectivity index (χ2v) is 12.8. The van der Waals surface area contributed by atoms with Gasteiger partial charge in [-0.3, -0.25) is 14.4 Å². The van der Waals surface area contributed by atoms with Crippen molar-refractivity contribution in [2.45, 2.75) is 73.0 Å². The summed E-state index contributed by atoms with van der Waals surface area (Å²) in [5.74, 6) is -0.523. The van der Waals surface area contributed by atoms with Crippen LogP contribution >= 0.6 is 0 Å². The van der Waals surface area contributed by atoms with Gasteiger partial charge in [-0.1, -0.05) is 66.7 Å². The third-order valence-corrected chi connectivity index (χ3v) is 8.21. The van der Waals surface area contributed by atoms with Crippen LogP contribution in [0.1, 0.15) is 65.4 Å². The van der Waals surface area contributed by atoms with Gasteiger partial charge in [-0.25, -0.2) is 0 Å². The van der Waals surface area contributed by atoms with Gasteiger partial charge in [0, 0.05) is 17.4 Å². The third kappa shape index (κ3) is 5.15. The first-order chi connectivity index (χ1) is 17.3. The maximum atomic E-state index is 13.9. The topological polar surface area (TPSA) is 111 Å². The molecule has 8 heteroatoms. The molecule has 1 aromatic carbocycles. The summed E-state index contributed by atoms with van der Waals surface area (Å²) in [7, 11) is 0. The summed E-state index contributed by atoms with van der Waals surface area (Å²) in [4.78, 5) is 57.1. The second-order valence-electron chi connectivity index (χ2n) is 12.8. The molecule has 2 fully saturated rings. The van der Waals surface area contributed by atoms with E-state index in [0.717, 1.165) is 17.2 Å². The number of aromatic amines is 1. The first kappa shape index (κ1) is 26.9. The maximum absolute atomic E-state index is 13.9. The van der Waals surface area contributed by atoms with Gasteiger partial charge in [0.2, 0.25) is 11.8 Å². The molecule has 1 saturated heterocycles. The zero-order chi connectivity index (χ0) is 27.3. The van der Waals surface area contributed by atoms with Crippen LogP contribution < -0.4 is 10.6 Å². The van der Waals surface area contributed by atoms with E-state index in [2.05, 4.69) is 29.5 Å². The highest BCUT2D eigenvalue weighted by Gasteiger charge is 2.69. The summed E-state index contributed by atoms with van der Waals surface area (Å²) in [6.07, 6.45) is 1.21. The fraction of sp³-hybridized carbons (Fsp3) is 0.586. The molecule has 3 N–H and O–H groups in total. The summed E-state index contributed by atoms with van der Waals surface area (Å²) in [6.45, 7) is 14.4. The van der Waals surface area contributed by atoms with Gasteiger partial charge in [-0.2, -0.15) is 0 Å². The smallest absolute Gasteiger partial charge is 0.268 e. The number of carbonyl (C=O) groups excluding carboxylic acids is 4. The Morgan fingerprint density at radius 1 is 1.16 bits per heavy atom. The van der Waals surface area contributed by atoms with E-state index in [1.807, 2.05) is 58.9 Å². The van der Waals surface area contributed by atoms with Crippen LogP contribution in [0.3, 0.4) is 0 Å². The zero-order valence-electron chi connectivity index (χ0n) is 22.9. The van der Waals surface area contributed by atoms with Gasteiger partial charge in [0.25, 0.3) is 5.91 Å². The van der Waals surface area contributed by atoms with Crippen molar-refractivity contribution < 1.29 is 19.2 Å². The van der Waals surface area contributed by atoms with E-state index in [0.29, 0.717) is 18.7 Å². The SMILES string of the molecule is CC(C)C[C@H](NC(=O)c1cc2ccccc2[nH]1)C(=O)N1C[C@H]2[C@@H](C1C(=O)N[C@H](C=O)C(C)(C)C)C2(C)C. The van der Waals surface area contributed by atoms with Crippen LogP contribution in [-0.4, -0.2) is 58.6 Å². The van der Waals surface area contributed by atoms with E-state index in [1.165, 1.54) is 0 Å². The number of hydrogen-bond donors (Lipinski definition) is 3. The number of para-hydroxylation sites is 1. The highest BCUT2D eigenvalue weighted by atomic mass is 16.2. The van der Waals surface area contributed by atoms with E-state index >= 15 is 0 Å². The summed E-state index contributed by atoms with van der Waals surface area (Å²) >= 11 is 0. The number of hydrogen-bond acceptors (Lipinski definition) is 4. The van der Waals surface area contributed by atoms with Gasteiger partial charge >= 0.3 is 0 Å². The number of nitrogens with one attached hydrogen (secondary N) is 3. The second kappa shape index (κ2) is 9.62. The lowest BCUT2D eigenvalue weighted by Crippen LogP contribution is -2.58. The molecule has 1 aliphatic heterocycles. The fourth-order valence-electron chi connectivity index (χ4n) is 5.83. The average molecular weight is 509 g/mol. The Morgan fingerprint density at radius 3 is 2.43 bits per heavy atom. The molecule has 1 unspecified atom stereocenters. The first-order valence-electron chi connectivity index (χ1n) is 13.2. The lowest BCUT2D eigenvalue weighted by atomic mass is 9.87. The number of H-pyrrole nitrogens is 1. The van der Waals surface area contributed by atoms with Crippen molar-refractivity contribution in [3.05, 3.63) is 36.0 Å². The van der Waals surface area contributed by atoms with Crippen LogP contribution in [0.2, 0.25) is 0 Å². The average Bonchev–Trinajstić information content (AvgIpc) is 3.21. The molecule has 1 aliphatic carbocycles. The Morgan fingerprint density at radius 2 is 1.84 bits per heavy atom. The zero-order valence-corrected chi connectivity index (χ0v) is 22.9. The van der Waals surface area contributed by atoms with E-state index in [-0.39, 0.29) is 40.9 Å². The van der Waals surface area contributed by atoms with Crippen molar-refractivity contribution in [3.63, 3.8) is 0 Å². The molecule has 200 valence electrons. The number of aromatic nitrogens is 1. The molecule has 37 heavy (non-hydrogen) atoms. The van der Waals surface area contributed by atoms with Crippen LogP contribution in [0, 0.1) is 28.6 Å². The number of benzene rings is 1. The standard InChI is InChI=1S/C29H40N4O4/c1-16(2)12-21(31-25(35)20-13-17-10-8-9-11-19(17)30-20)27(37)33-14-18-23(29(18,6)7)24(33)26(36)32-22(15-34)28(3,4)5/h8-11,13,15-16,18,21-24,30H,12,14H2,1-7H3,(H,31,35)(H,32,36)/t18-,21-,22+,23-,24?/m0/s1. The number of aldehydes is 1. The first-order valence-corrected chi connectivity index (χ1v) is 13.2. The largest absolute Gasteiger partial charge is 0.351 e. The van der Waals surface area contributed by atoms with Crippen molar-refractivity contribution in [2.24, 2.45) is 28.6 Å². The van der Waals surface area contributed by atoms with Crippen molar-refractivity contribution in [3.8, 4) is 0 Å². The Hall–Kier alpha value is -3.16. The van der Waals surface area contributed by atoms with Gasteiger partial charge in [0.15, 0.2) is 0 Å². The number of nitrogens with zero attached hydrogens (tertiary/aromatic N) is 1. The van der Waals surface area contributed by atoms with Crippen molar-refractivity contribution in [2.75, 3.05) is 6.54 Å². The summed E-state index contributed by atoms with van der Waals surface area (Å²) in [6, 6.07) is 7.30. The number of piperidine rings is 1. The minimum absolute atomic E-state index is 0.0211. The molecule has 0 bridgehead atoms. The minimum atomic E-state index is -0.765. The van der Waals surface area contributed by atoms with Crippen LogP contribution in [0.4, 0.5) is 0 Å². The summed E-state index contributed by atoms with van der Waals surface area (Å²) < 4.78 is 0. The number of rotatable bonds is 8. The van der Waals surface area contributed by atoms with E-state index in [9.17, 15) is 19.2 Å². The van der Waals surface area contributed by atoms with E-state index in [4.69, 9.17) is 0 Å². The van der Waals surface area contributed by atoms with Gasteiger partial charge in [0.1, 0.15) is 24.1 Å². The minimum Gasteiger partial charge on any atom is -0.351 e. The van der Waals surface area contributed by atoms with Crippen LogP contribution in [0.15, 0.2) is 30.3 Å². The van der Waals surface area contributed by atoms with Gasteiger partial charge in [-0.05, 0) is 47.1 Å². The molecule has 1 saturated carbocycles. The molecule has 0 spiro atoms. The normalized spacial score (nSPS) is 23.9. The van der Waals surface area contributed by atoms with Gasteiger partial charge < -0.3 is 25.3 Å². The molecule has 0 radical (unpaired) electrons. The van der Waals surface area contributed by atoms with Crippen molar-refractivity contribution in [1.82, 2.24) is 20.5 Å². The molecule has 2 aliphatic rings. The number of fused-ring (bicyclic) bond motifs is 2. The highest BCUT2D eigenvalue weighted by Crippen LogP contribution is 2.65. The molecule has 4 rings (SSSR count). The highest BCUT2D eigenvalue weighted by molar-refractivity contribution is 6.01. The Kier molecular flexibility index (Phi) is 6.99. The van der Waals surface area contributed by atoms with Crippen molar-refractivity contribution in [1.29, 1.82) is 0 Å². The van der Waals surface area contributed by atoms with Crippen LogP contribution in [0.5, 0.6) is 0 Å². The van der Waals surface area contributed by atoms with Crippen LogP contribution in [0.25, 0.3) is 10.9 Å². The lowest BCUT2D eigenvalue weighted by Gasteiger charge is -2.35. The number of carbonyl (C=O) groups is 4. The molecular weight excluding hydrogens is 468 g/mol. The maximum Gasteiger partial charge on any atom is 0.268 e. The molecule has 5 atom stereocenters. The predicted molar refractivity (Wildman–Crippen MR) is 143 cm³/mol. The molecule has 2 aromatic rings. The van der Waals surface area contributed by atoms with Crippen molar-refractivity contribution >= 4 is 34.9 Å².